The van der Waals surface area contributed by atoms with Gasteiger partial charge in [-0.15, -0.1) is 0 Å². The Balaban J connectivity index is 1.89. The van der Waals surface area contributed by atoms with Crippen LogP contribution in [0.2, 0.25) is 0 Å². The van der Waals surface area contributed by atoms with Gasteiger partial charge in [-0.1, -0.05) is 6.42 Å². The average molecular weight is 203 g/mol. The van der Waals surface area contributed by atoms with Crippen LogP contribution in [0.5, 0.6) is 0 Å². The van der Waals surface area contributed by atoms with Gasteiger partial charge in [0.05, 0.1) is 12.0 Å². The zero-order valence-corrected chi connectivity index (χ0v) is 9.11. The molecule has 1 saturated carbocycles. The molecule has 15 heavy (non-hydrogen) atoms. The van der Waals surface area contributed by atoms with Crippen molar-refractivity contribution >= 4 is 0 Å². The molecule has 0 saturated heterocycles. The second-order valence-electron chi connectivity index (χ2n) is 4.26. The molecule has 1 fully saturated rings. The number of nitrogens with zero attached hydrogens (tertiary/aromatic N) is 2. The Bertz CT molecular complexity index is 361. The van der Waals surface area contributed by atoms with E-state index in [-0.39, 0.29) is 5.92 Å². The van der Waals surface area contributed by atoms with Crippen LogP contribution in [0.25, 0.3) is 0 Å². The second-order valence-corrected chi connectivity index (χ2v) is 4.26. The van der Waals surface area contributed by atoms with E-state index in [4.69, 9.17) is 5.26 Å². The highest BCUT2D eigenvalue weighted by Crippen LogP contribution is 2.24. The van der Waals surface area contributed by atoms with Crippen molar-refractivity contribution in [2.75, 3.05) is 0 Å². The van der Waals surface area contributed by atoms with Gasteiger partial charge >= 0.3 is 0 Å². The summed E-state index contributed by atoms with van der Waals surface area (Å²) in [5.41, 5.74) is 1.28. The molecular formula is C12H17N3. The molecule has 1 N–H and O–H groups in total. The third kappa shape index (κ3) is 2.21. The summed E-state index contributed by atoms with van der Waals surface area (Å²) in [7, 11) is 2.05. The van der Waals surface area contributed by atoms with Crippen LogP contribution in [0.3, 0.4) is 0 Å². The molecule has 1 heterocycles. The van der Waals surface area contributed by atoms with E-state index in [2.05, 4.69) is 22.0 Å². The van der Waals surface area contributed by atoms with Crippen molar-refractivity contribution in [2.24, 2.45) is 13.0 Å². The average Bonchev–Trinajstić information content (AvgIpc) is 2.83. The molecule has 80 valence electrons. The molecule has 2 unspecified atom stereocenters. The Hall–Kier alpha value is -1.27. The molecule has 0 bridgehead atoms. The van der Waals surface area contributed by atoms with E-state index in [0.717, 1.165) is 19.4 Å². The van der Waals surface area contributed by atoms with Gasteiger partial charge in [-0.25, -0.2) is 0 Å². The van der Waals surface area contributed by atoms with Crippen LogP contribution in [0.4, 0.5) is 0 Å². The number of aryl methyl sites for hydroxylation is 1. The lowest BCUT2D eigenvalue weighted by molar-refractivity contribution is 0.458. The van der Waals surface area contributed by atoms with Gasteiger partial charge in [0.1, 0.15) is 0 Å². The lowest BCUT2D eigenvalue weighted by atomic mass is 10.1. The van der Waals surface area contributed by atoms with Crippen molar-refractivity contribution in [3.05, 3.63) is 24.0 Å². The van der Waals surface area contributed by atoms with E-state index in [1.165, 1.54) is 12.1 Å². The molecule has 1 aromatic heterocycles. The predicted octanol–water partition coefficient (Wildman–Crippen LogP) is 1.81. The van der Waals surface area contributed by atoms with Crippen molar-refractivity contribution in [3.8, 4) is 6.07 Å². The van der Waals surface area contributed by atoms with E-state index in [1.54, 1.807) is 0 Å². The lowest BCUT2D eigenvalue weighted by Crippen LogP contribution is -2.31. The first-order valence-electron chi connectivity index (χ1n) is 5.54. The quantitative estimate of drug-likeness (QED) is 0.814. The molecule has 0 amide bonds. The van der Waals surface area contributed by atoms with Gasteiger partial charge in [0.15, 0.2) is 0 Å². The van der Waals surface area contributed by atoms with Gasteiger partial charge in [0, 0.05) is 31.5 Å². The summed E-state index contributed by atoms with van der Waals surface area (Å²) in [5.74, 6) is 0.213. The number of hydrogen-bond acceptors (Lipinski definition) is 2. The molecule has 2 rings (SSSR count). The normalized spacial score (nSPS) is 25.3. The Morgan fingerprint density at radius 2 is 2.47 bits per heavy atom. The molecule has 3 nitrogen and oxygen atoms in total. The molecule has 0 spiro atoms. The monoisotopic (exact) mass is 203 g/mol. The first kappa shape index (κ1) is 10.3. The number of nitrogens with one attached hydrogen (secondary N) is 1. The molecular weight excluding hydrogens is 186 g/mol. The lowest BCUT2D eigenvalue weighted by Gasteiger charge is -2.15. The van der Waals surface area contributed by atoms with Crippen molar-refractivity contribution in [1.82, 2.24) is 9.88 Å². The molecule has 0 aromatic carbocycles. The molecule has 0 aliphatic heterocycles. The predicted molar refractivity (Wildman–Crippen MR) is 59.0 cm³/mol. The number of nitriles is 1. The maximum Gasteiger partial charge on any atom is 0.0672 e. The van der Waals surface area contributed by atoms with Gasteiger partial charge in [-0.3, -0.25) is 0 Å². The second kappa shape index (κ2) is 4.50. The van der Waals surface area contributed by atoms with Gasteiger partial charge in [-0.2, -0.15) is 5.26 Å². The van der Waals surface area contributed by atoms with E-state index < -0.39 is 0 Å². The smallest absolute Gasteiger partial charge is 0.0672 e. The zero-order valence-electron chi connectivity index (χ0n) is 9.11. The summed E-state index contributed by atoms with van der Waals surface area (Å²) in [6.45, 7) is 0.867. The van der Waals surface area contributed by atoms with Crippen LogP contribution in [0, 0.1) is 17.2 Å². The Morgan fingerprint density at radius 1 is 1.60 bits per heavy atom. The first-order valence-corrected chi connectivity index (χ1v) is 5.54. The third-order valence-corrected chi connectivity index (χ3v) is 3.28. The maximum atomic E-state index is 8.95. The molecule has 1 aliphatic rings. The summed E-state index contributed by atoms with van der Waals surface area (Å²) in [4.78, 5) is 0. The largest absolute Gasteiger partial charge is 0.353 e. The van der Waals surface area contributed by atoms with Gasteiger partial charge in [0.25, 0.3) is 0 Å². The van der Waals surface area contributed by atoms with Gasteiger partial charge in [0.2, 0.25) is 0 Å². The van der Waals surface area contributed by atoms with Crippen LogP contribution in [0.1, 0.15) is 25.0 Å². The van der Waals surface area contributed by atoms with E-state index in [9.17, 15) is 0 Å². The number of rotatable bonds is 3. The highest BCUT2D eigenvalue weighted by atomic mass is 15.0. The first-order chi connectivity index (χ1) is 7.31. The van der Waals surface area contributed by atoms with Crippen LogP contribution in [-0.4, -0.2) is 10.6 Å². The van der Waals surface area contributed by atoms with Crippen LogP contribution >= 0.6 is 0 Å². The fraction of sp³-hybridized carbons (Fsp3) is 0.583. The van der Waals surface area contributed by atoms with Crippen molar-refractivity contribution in [2.45, 2.75) is 31.8 Å². The Labute approximate surface area is 90.7 Å². The summed E-state index contributed by atoms with van der Waals surface area (Å²) >= 11 is 0. The van der Waals surface area contributed by atoms with E-state index in [1.807, 2.05) is 19.3 Å². The molecule has 1 aromatic rings. The summed E-state index contributed by atoms with van der Waals surface area (Å²) in [6.07, 6.45) is 5.43. The SMILES string of the molecule is Cn1cccc1CNC1CCCC1C#N. The summed E-state index contributed by atoms with van der Waals surface area (Å²) in [5, 5.41) is 12.4. The van der Waals surface area contributed by atoms with Crippen molar-refractivity contribution < 1.29 is 0 Å². The highest BCUT2D eigenvalue weighted by molar-refractivity contribution is 5.07. The number of aromatic nitrogens is 1. The van der Waals surface area contributed by atoms with E-state index >= 15 is 0 Å². The summed E-state index contributed by atoms with van der Waals surface area (Å²) < 4.78 is 2.11. The van der Waals surface area contributed by atoms with Gasteiger partial charge in [-0.05, 0) is 25.0 Å². The Morgan fingerprint density at radius 3 is 3.13 bits per heavy atom. The minimum Gasteiger partial charge on any atom is -0.353 e. The molecule has 0 radical (unpaired) electrons. The highest BCUT2D eigenvalue weighted by Gasteiger charge is 2.26. The molecule has 3 heteroatoms. The summed E-state index contributed by atoms with van der Waals surface area (Å²) in [6, 6.07) is 6.95. The minimum atomic E-state index is 0.213. The fourth-order valence-electron chi connectivity index (χ4n) is 2.27. The van der Waals surface area contributed by atoms with Crippen molar-refractivity contribution in [3.63, 3.8) is 0 Å². The zero-order chi connectivity index (χ0) is 10.7. The Kier molecular flexibility index (Phi) is 3.08. The topological polar surface area (TPSA) is 40.8 Å². The standard InChI is InChI=1S/C12H17N3/c1-15-7-3-5-11(15)9-14-12-6-2-4-10(12)8-13/h3,5,7,10,12,14H,2,4,6,9H2,1H3. The van der Waals surface area contributed by atoms with Crippen LogP contribution < -0.4 is 5.32 Å². The van der Waals surface area contributed by atoms with Crippen LogP contribution in [-0.2, 0) is 13.6 Å². The van der Waals surface area contributed by atoms with Crippen molar-refractivity contribution in [1.29, 1.82) is 5.26 Å². The van der Waals surface area contributed by atoms with Gasteiger partial charge < -0.3 is 9.88 Å². The fourth-order valence-corrected chi connectivity index (χ4v) is 2.27. The maximum absolute atomic E-state index is 8.95. The third-order valence-electron chi connectivity index (χ3n) is 3.28. The number of hydrogen-bond donors (Lipinski definition) is 1. The molecule has 2 atom stereocenters. The van der Waals surface area contributed by atoms with Crippen LogP contribution in [0.15, 0.2) is 18.3 Å². The minimum absolute atomic E-state index is 0.213. The van der Waals surface area contributed by atoms with E-state index in [0.29, 0.717) is 6.04 Å². The molecule has 1 aliphatic carbocycles.